The highest BCUT2D eigenvalue weighted by Gasteiger charge is 2.32. The van der Waals surface area contributed by atoms with Crippen LogP contribution in [-0.4, -0.2) is 128 Å². The Bertz CT molecular complexity index is 2710. The number of nitro benzene ring substituents is 1. The largest absolute Gasteiger partial charge is 0.481 e. The Hall–Kier alpha value is -6.76. The third-order valence-corrected chi connectivity index (χ3v) is 9.76. The van der Waals surface area contributed by atoms with Crippen LogP contribution in [0.1, 0.15) is 26.3 Å². The molecule has 360 valence electrons. The smallest absolute Gasteiger partial charge is 0.416 e. The number of nitro groups is 1. The second-order valence-corrected chi connectivity index (χ2v) is 17.8. The number of alkyl halides is 3. The number of methoxy groups -OCH3 is 2. The van der Waals surface area contributed by atoms with Gasteiger partial charge < -0.3 is 34.0 Å². The number of nitrogens with one attached hydrogen (secondary N) is 4. The van der Waals surface area contributed by atoms with Crippen molar-refractivity contribution in [3.63, 3.8) is 0 Å². The molecule has 0 fully saturated rings. The average molecular weight is 1020 g/mol. The molecule has 66 heavy (non-hydrogen) atoms. The van der Waals surface area contributed by atoms with Gasteiger partial charge in [0, 0.05) is 32.4 Å². The monoisotopic (exact) mass is 1020 g/mol. The lowest BCUT2D eigenvalue weighted by Gasteiger charge is -2.14. The second-order valence-electron chi connectivity index (χ2n) is 12.4. The Morgan fingerprint density at radius 2 is 1.55 bits per heavy atom. The number of hydrogen-bond acceptors (Lipinski definition) is 18. The molecule has 26 nitrogen and oxygen atoms in total. The first-order valence-corrected chi connectivity index (χ1v) is 22.7. The first kappa shape index (κ1) is 55.4. The van der Waals surface area contributed by atoms with Crippen LogP contribution >= 0.6 is 19.2 Å². The molecule has 2 aromatic heterocycles. The Kier molecular flexibility index (Phi) is 19.7. The normalized spacial score (nSPS) is 11.3. The van der Waals surface area contributed by atoms with Crippen molar-refractivity contribution in [3.05, 3.63) is 92.6 Å². The van der Waals surface area contributed by atoms with E-state index < -0.39 is 102 Å². The fourth-order valence-electron chi connectivity index (χ4n) is 4.31. The van der Waals surface area contributed by atoms with Crippen molar-refractivity contribution < 1.29 is 87.8 Å². The maximum Gasteiger partial charge on any atom is 0.416 e. The van der Waals surface area contributed by atoms with Gasteiger partial charge in [-0.2, -0.15) is 31.6 Å². The van der Waals surface area contributed by atoms with Gasteiger partial charge in [0.15, 0.2) is 5.03 Å². The Balaban J connectivity index is 0.000000377. The van der Waals surface area contributed by atoms with E-state index >= 15 is 0 Å². The lowest BCUT2D eigenvalue weighted by Crippen LogP contribution is -2.36. The summed E-state index contributed by atoms with van der Waals surface area (Å²) < 4.78 is 114. The first-order chi connectivity index (χ1) is 30.4. The molecule has 0 bridgehead atoms. The summed E-state index contributed by atoms with van der Waals surface area (Å²) in [5.74, 6) is -3.48. The van der Waals surface area contributed by atoms with E-state index in [4.69, 9.17) is 40.7 Å². The highest BCUT2D eigenvalue weighted by atomic mass is 35.5. The number of rotatable bonds is 15. The van der Waals surface area contributed by atoms with Crippen molar-refractivity contribution in [2.75, 3.05) is 52.7 Å². The molecule has 0 saturated heterocycles. The molecular formula is C33H36ClF3N9O17PS2. The van der Waals surface area contributed by atoms with Crippen LogP contribution in [0.4, 0.5) is 29.6 Å². The number of carbonyl (C=O) groups excluding carboxylic acids is 3. The number of hydrogen-bond donors (Lipinski definition) is 7. The molecule has 0 aliphatic rings. The number of halogens is 4. The molecule has 2 heterocycles. The van der Waals surface area contributed by atoms with Crippen molar-refractivity contribution in [3.8, 4) is 23.3 Å². The van der Waals surface area contributed by atoms with E-state index in [1.807, 2.05) is 0 Å². The number of urea groups is 1. The van der Waals surface area contributed by atoms with Crippen LogP contribution in [-0.2, 0) is 35.6 Å². The molecule has 4 amide bonds. The fourth-order valence-corrected chi connectivity index (χ4v) is 6.42. The van der Waals surface area contributed by atoms with E-state index in [1.54, 1.807) is 9.44 Å². The van der Waals surface area contributed by atoms with Crippen molar-refractivity contribution in [2.24, 2.45) is 0 Å². The van der Waals surface area contributed by atoms with Crippen LogP contribution in [0.5, 0.6) is 23.3 Å². The quantitative estimate of drug-likeness (QED) is 0.0511. The van der Waals surface area contributed by atoms with Gasteiger partial charge in [0.1, 0.15) is 17.1 Å². The topological polar surface area (TPSA) is 375 Å². The molecule has 33 heteroatoms. The number of nitrogens with zero attached hydrogens (tertiary/aromatic N) is 5. The van der Waals surface area contributed by atoms with Gasteiger partial charge in [-0.3, -0.25) is 39.7 Å². The summed E-state index contributed by atoms with van der Waals surface area (Å²) >= 11 is 5.76. The van der Waals surface area contributed by atoms with Gasteiger partial charge in [0.05, 0.1) is 60.4 Å². The van der Waals surface area contributed by atoms with Gasteiger partial charge in [-0.05, 0) is 36.4 Å². The van der Waals surface area contributed by atoms with E-state index in [9.17, 15) is 63.9 Å². The molecule has 4 aromatic rings. The maximum atomic E-state index is 12.7. The van der Waals surface area contributed by atoms with E-state index in [1.165, 1.54) is 57.6 Å². The molecule has 0 spiro atoms. The summed E-state index contributed by atoms with van der Waals surface area (Å²) in [5, 5.41) is 22.3. The van der Waals surface area contributed by atoms with Gasteiger partial charge >= 0.3 is 25.8 Å². The summed E-state index contributed by atoms with van der Waals surface area (Å²) in [6.45, 7) is -0.439. The molecule has 0 unspecified atom stereocenters. The van der Waals surface area contributed by atoms with Crippen LogP contribution in [0, 0.1) is 10.1 Å². The summed E-state index contributed by atoms with van der Waals surface area (Å²) in [6.07, 6.45) is -3.35. The van der Waals surface area contributed by atoms with E-state index in [2.05, 4.69) is 25.6 Å². The SMILES string of the molecule is COc1cc(OC)nc(NC(=O)NS(=O)(=O)c2ncccc2C(=O)N(C)C)n1.CS(=O)(=O)NC(=O)c1cc(Oc2ccc(C(F)(F)F)cc2Cl)ccc1[N+](=O)[O-].O=C(O)CNCP(=O)(O)O. The lowest BCUT2D eigenvalue weighted by molar-refractivity contribution is -0.385. The standard InChI is InChI=1S/C15H10ClF3N2O6S.C15H18N6O6S.C3H8NO5P/c1-28(25,26)20-14(22)10-7-9(3-4-12(10)21(23)24)27-13-5-2-8(6-11(13)16)15(17,18)19;1-21(2)13(22)9-6-5-7-16-12(9)28(24,25)20-15(23)19-14-17-10(26-3)8-11(18-14)27-4;5-3(6)1-4-2-10(7,8)9/h2-7H,1H3,(H,20,22);5-8H,1-4H3,(H2,17,18,19,20,23);4H,1-2H2,(H,5,6)(H2,7,8,9). The van der Waals surface area contributed by atoms with Crippen LogP contribution in [0.25, 0.3) is 0 Å². The zero-order valence-corrected chi connectivity index (χ0v) is 37.5. The highest BCUT2D eigenvalue weighted by Crippen LogP contribution is 2.37. The third-order valence-electron chi connectivity index (χ3n) is 6.98. The number of carboxylic acids is 1. The fraction of sp³-hybridized carbons (Fsp3) is 0.242. The van der Waals surface area contributed by atoms with Crippen LogP contribution in [0.15, 0.2) is 65.8 Å². The van der Waals surface area contributed by atoms with Gasteiger partial charge in [-0.25, -0.2) is 27.6 Å². The minimum Gasteiger partial charge on any atom is -0.481 e. The number of aliphatic carboxylic acids is 1. The van der Waals surface area contributed by atoms with Crippen molar-refractivity contribution in [1.82, 2.24) is 34.6 Å². The van der Waals surface area contributed by atoms with Gasteiger partial charge in [-0.15, -0.1) is 0 Å². The Morgan fingerprint density at radius 3 is 2.03 bits per heavy atom. The summed E-state index contributed by atoms with van der Waals surface area (Å²) in [4.78, 5) is 85.2. The maximum absolute atomic E-state index is 12.7. The lowest BCUT2D eigenvalue weighted by atomic mass is 10.1. The minimum atomic E-state index is -4.62. The predicted octanol–water partition coefficient (Wildman–Crippen LogP) is 2.65. The Labute approximate surface area is 375 Å². The van der Waals surface area contributed by atoms with Gasteiger partial charge in [0.25, 0.3) is 27.5 Å². The number of amides is 4. The van der Waals surface area contributed by atoms with E-state index in [0.717, 1.165) is 24.3 Å². The molecule has 7 N–H and O–H groups in total. The summed E-state index contributed by atoms with van der Waals surface area (Å²) in [7, 11) is -6.95. The molecule has 0 radical (unpaired) electrons. The third kappa shape index (κ3) is 18.4. The summed E-state index contributed by atoms with van der Waals surface area (Å²) in [5.41, 5.74) is -2.53. The van der Waals surface area contributed by atoms with Crippen molar-refractivity contribution in [2.45, 2.75) is 11.2 Å². The molecule has 2 aromatic carbocycles. The molecule has 0 aliphatic heterocycles. The first-order valence-electron chi connectivity index (χ1n) is 17.2. The van der Waals surface area contributed by atoms with E-state index in [0.29, 0.717) is 18.4 Å². The number of benzene rings is 2. The molecular weight excluding hydrogens is 982 g/mol. The predicted molar refractivity (Wildman–Crippen MR) is 221 cm³/mol. The molecule has 0 aliphatic carbocycles. The van der Waals surface area contributed by atoms with Crippen molar-refractivity contribution >= 4 is 74.7 Å². The van der Waals surface area contributed by atoms with Gasteiger partial charge in [0.2, 0.25) is 27.7 Å². The highest BCUT2D eigenvalue weighted by molar-refractivity contribution is 7.90. The second kappa shape index (κ2) is 23.4. The number of aromatic nitrogens is 3. The molecule has 0 saturated carbocycles. The van der Waals surface area contributed by atoms with Crippen LogP contribution in [0.3, 0.4) is 0 Å². The zero-order valence-electron chi connectivity index (χ0n) is 34.3. The number of carbonyl (C=O) groups is 4. The van der Waals surface area contributed by atoms with Crippen LogP contribution < -0.4 is 34.3 Å². The Morgan fingerprint density at radius 1 is 0.939 bits per heavy atom. The minimum absolute atomic E-state index is 0.0913. The summed E-state index contributed by atoms with van der Waals surface area (Å²) in [6, 6.07) is 7.99. The zero-order chi connectivity index (χ0) is 50.4. The van der Waals surface area contributed by atoms with Gasteiger partial charge in [-0.1, -0.05) is 11.6 Å². The number of ether oxygens (including phenoxy) is 3. The molecule has 4 rings (SSSR count). The van der Waals surface area contributed by atoms with Crippen molar-refractivity contribution in [1.29, 1.82) is 0 Å². The number of sulfonamides is 2. The van der Waals surface area contributed by atoms with E-state index in [-0.39, 0.29) is 34.8 Å². The molecule has 0 atom stereocenters. The number of pyridine rings is 1. The van der Waals surface area contributed by atoms with Crippen LogP contribution in [0.2, 0.25) is 5.02 Å². The average Bonchev–Trinajstić information content (AvgIpc) is 3.19. The number of anilines is 1. The number of carboxylic acid groups (broad SMARTS) is 1.